The van der Waals surface area contributed by atoms with E-state index in [0.717, 1.165) is 5.56 Å². The monoisotopic (exact) mass is 375 g/mol. The topological polar surface area (TPSA) is 107 Å². The van der Waals surface area contributed by atoms with E-state index < -0.39 is 24.1 Å². The van der Waals surface area contributed by atoms with E-state index >= 15 is 0 Å². The van der Waals surface area contributed by atoms with Crippen LogP contribution < -0.4 is 10.6 Å². The molecule has 0 radical (unpaired) electrons. The number of nitrogens with zero attached hydrogens (tertiary/aromatic N) is 1. The minimum absolute atomic E-state index is 0.135. The van der Waals surface area contributed by atoms with Crippen LogP contribution in [-0.4, -0.2) is 73.7 Å². The normalized spacial score (nSPS) is 22.6. The van der Waals surface area contributed by atoms with E-state index in [1.54, 1.807) is 11.8 Å². The number of carbonyl (C=O) groups is 3. The van der Waals surface area contributed by atoms with Gasteiger partial charge in [-0.05, 0) is 12.5 Å². The van der Waals surface area contributed by atoms with Crippen molar-refractivity contribution in [3.05, 3.63) is 35.9 Å². The van der Waals surface area contributed by atoms with Crippen molar-refractivity contribution in [2.45, 2.75) is 31.5 Å². The molecule has 8 nitrogen and oxygen atoms in total. The van der Waals surface area contributed by atoms with Gasteiger partial charge < -0.3 is 19.7 Å². The van der Waals surface area contributed by atoms with E-state index in [4.69, 9.17) is 9.47 Å². The van der Waals surface area contributed by atoms with Crippen LogP contribution in [0.2, 0.25) is 0 Å². The van der Waals surface area contributed by atoms with Gasteiger partial charge in [-0.1, -0.05) is 30.3 Å². The fourth-order valence-corrected chi connectivity index (χ4v) is 3.12. The van der Waals surface area contributed by atoms with Gasteiger partial charge in [-0.25, -0.2) is 0 Å². The Bertz CT molecular complexity index is 675. The van der Waals surface area contributed by atoms with Gasteiger partial charge in [-0.2, -0.15) is 0 Å². The molecule has 2 aliphatic heterocycles. The molecule has 0 unspecified atom stereocenters. The summed E-state index contributed by atoms with van der Waals surface area (Å²) in [5, 5.41) is 5.62. The second-order valence-corrected chi connectivity index (χ2v) is 6.56. The van der Waals surface area contributed by atoms with Crippen molar-refractivity contribution in [3.8, 4) is 0 Å². The average Bonchev–Trinajstić information content (AvgIpc) is 3.50. The van der Waals surface area contributed by atoms with Crippen molar-refractivity contribution in [1.82, 2.24) is 15.5 Å². The fraction of sp³-hybridized carbons (Fsp3) is 0.526. The van der Waals surface area contributed by atoms with Crippen LogP contribution in [-0.2, 0) is 30.3 Å². The Morgan fingerprint density at radius 2 is 1.93 bits per heavy atom. The van der Waals surface area contributed by atoms with Crippen LogP contribution >= 0.6 is 0 Å². The number of morpholine rings is 1. The van der Waals surface area contributed by atoms with Gasteiger partial charge in [-0.15, -0.1) is 0 Å². The highest BCUT2D eigenvalue weighted by molar-refractivity contribution is 5.97. The van der Waals surface area contributed by atoms with Crippen LogP contribution in [0.5, 0.6) is 0 Å². The molecule has 3 atom stereocenters. The fourth-order valence-electron chi connectivity index (χ4n) is 3.12. The third-order valence-corrected chi connectivity index (χ3v) is 4.63. The van der Waals surface area contributed by atoms with Crippen molar-refractivity contribution in [2.24, 2.45) is 0 Å². The number of hydrogen-bond donors (Lipinski definition) is 2. The molecule has 0 aliphatic carbocycles. The maximum Gasteiger partial charge on any atom is 0.325 e. The summed E-state index contributed by atoms with van der Waals surface area (Å²) >= 11 is 0. The maximum absolute atomic E-state index is 12.9. The number of benzene rings is 1. The van der Waals surface area contributed by atoms with Crippen molar-refractivity contribution in [2.75, 3.05) is 32.9 Å². The van der Waals surface area contributed by atoms with Gasteiger partial charge in [-0.3, -0.25) is 19.7 Å². The smallest absolute Gasteiger partial charge is 0.325 e. The zero-order valence-electron chi connectivity index (χ0n) is 15.3. The van der Waals surface area contributed by atoms with Crippen LogP contribution in [0.15, 0.2) is 30.3 Å². The molecule has 1 aromatic carbocycles. The molecule has 27 heavy (non-hydrogen) atoms. The van der Waals surface area contributed by atoms with Gasteiger partial charge >= 0.3 is 5.97 Å². The standard InChI is InChI=1S/C19H25N3O5/c1-2-27-19(25)16-15(21-16)17(23)20-14(12-13-6-4-3-5-7-13)18(24)22-8-10-26-11-9-22/h3-7,14-16,21H,2,8-12H2,1H3,(H,20,23)/t14-,15-,16-/m0/s1. The van der Waals surface area contributed by atoms with Gasteiger partial charge in [0.15, 0.2) is 0 Å². The number of hydrogen-bond acceptors (Lipinski definition) is 6. The molecule has 0 spiro atoms. The number of rotatable bonds is 7. The number of esters is 1. The van der Waals surface area contributed by atoms with E-state index in [0.29, 0.717) is 32.7 Å². The Morgan fingerprint density at radius 3 is 2.59 bits per heavy atom. The second-order valence-electron chi connectivity index (χ2n) is 6.56. The zero-order valence-corrected chi connectivity index (χ0v) is 15.3. The number of amides is 2. The molecule has 0 aromatic heterocycles. The summed E-state index contributed by atoms with van der Waals surface area (Å²) in [4.78, 5) is 38.9. The first-order chi connectivity index (χ1) is 13.1. The number of nitrogens with one attached hydrogen (secondary N) is 2. The first-order valence-electron chi connectivity index (χ1n) is 9.23. The average molecular weight is 375 g/mol. The molecule has 0 bridgehead atoms. The lowest BCUT2D eigenvalue weighted by atomic mass is 10.0. The van der Waals surface area contributed by atoms with Gasteiger partial charge in [0, 0.05) is 19.5 Å². The lowest BCUT2D eigenvalue weighted by Gasteiger charge is -2.30. The van der Waals surface area contributed by atoms with Crippen LogP contribution in [0.25, 0.3) is 0 Å². The third kappa shape index (κ3) is 5.05. The molecule has 8 heteroatoms. The Kier molecular flexibility index (Phi) is 6.41. The third-order valence-electron chi connectivity index (χ3n) is 4.63. The maximum atomic E-state index is 12.9. The molecule has 2 saturated heterocycles. The van der Waals surface area contributed by atoms with Crippen molar-refractivity contribution in [1.29, 1.82) is 0 Å². The van der Waals surface area contributed by atoms with Crippen molar-refractivity contribution < 1.29 is 23.9 Å². The number of ether oxygens (including phenoxy) is 2. The molecule has 2 heterocycles. The summed E-state index contributed by atoms with van der Waals surface area (Å²) in [6.07, 6.45) is 0.388. The molecular formula is C19H25N3O5. The van der Waals surface area contributed by atoms with Crippen LogP contribution in [0.3, 0.4) is 0 Å². The van der Waals surface area contributed by atoms with E-state index in [1.165, 1.54) is 0 Å². The van der Waals surface area contributed by atoms with Crippen molar-refractivity contribution >= 4 is 17.8 Å². The quantitative estimate of drug-likeness (QED) is 0.490. The molecule has 3 rings (SSSR count). The van der Waals surface area contributed by atoms with E-state index in [2.05, 4.69) is 10.6 Å². The van der Waals surface area contributed by atoms with E-state index in [-0.39, 0.29) is 18.4 Å². The lowest BCUT2D eigenvalue weighted by Crippen LogP contribution is -2.53. The van der Waals surface area contributed by atoms with E-state index in [9.17, 15) is 14.4 Å². The summed E-state index contributed by atoms with van der Waals surface area (Å²) in [7, 11) is 0. The lowest BCUT2D eigenvalue weighted by molar-refractivity contribution is -0.143. The van der Waals surface area contributed by atoms with Gasteiger partial charge in [0.25, 0.3) is 0 Å². The Balaban J connectivity index is 1.65. The first kappa shape index (κ1) is 19.3. The molecule has 2 N–H and O–H groups in total. The molecule has 2 aliphatic rings. The van der Waals surface area contributed by atoms with Crippen LogP contribution in [0.4, 0.5) is 0 Å². The molecule has 1 aromatic rings. The highest BCUT2D eigenvalue weighted by Gasteiger charge is 2.49. The molecule has 146 valence electrons. The zero-order chi connectivity index (χ0) is 19.2. The summed E-state index contributed by atoms with van der Waals surface area (Å²) in [6, 6.07) is 7.55. The van der Waals surface area contributed by atoms with Gasteiger partial charge in [0.1, 0.15) is 18.1 Å². The minimum atomic E-state index is -0.691. The highest BCUT2D eigenvalue weighted by atomic mass is 16.5. The van der Waals surface area contributed by atoms with Gasteiger partial charge in [0.05, 0.1) is 19.8 Å². The number of carbonyl (C=O) groups excluding carboxylic acids is 3. The molecule has 2 fully saturated rings. The SMILES string of the molecule is CCOC(=O)[C@H]1N[C@@H]1C(=O)N[C@@H](Cc1ccccc1)C(=O)N1CCOCC1. The first-order valence-corrected chi connectivity index (χ1v) is 9.23. The Morgan fingerprint density at radius 1 is 1.22 bits per heavy atom. The molecule has 0 saturated carbocycles. The molecular weight excluding hydrogens is 350 g/mol. The summed E-state index contributed by atoms with van der Waals surface area (Å²) in [5.74, 6) is -0.948. The summed E-state index contributed by atoms with van der Waals surface area (Å²) < 4.78 is 10.2. The highest BCUT2D eigenvalue weighted by Crippen LogP contribution is 2.15. The van der Waals surface area contributed by atoms with Crippen LogP contribution in [0.1, 0.15) is 12.5 Å². The summed E-state index contributed by atoms with van der Waals surface area (Å²) in [5.41, 5.74) is 0.954. The van der Waals surface area contributed by atoms with E-state index in [1.807, 2.05) is 30.3 Å². The van der Waals surface area contributed by atoms with Crippen LogP contribution in [0, 0.1) is 0 Å². The molecule has 2 amide bonds. The minimum Gasteiger partial charge on any atom is -0.465 e. The van der Waals surface area contributed by atoms with Crippen molar-refractivity contribution in [3.63, 3.8) is 0 Å². The second kappa shape index (κ2) is 8.96. The summed E-state index contributed by atoms with van der Waals surface area (Å²) in [6.45, 7) is 3.98. The predicted octanol–water partition coefficient (Wildman–Crippen LogP) is -0.524. The largest absolute Gasteiger partial charge is 0.465 e. The van der Waals surface area contributed by atoms with Gasteiger partial charge in [0.2, 0.25) is 11.8 Å². The Hall–Kier alpha value is -2.45. The Labute approximate surface area is 158 Å². The predicted molar refractivity (Wildman–Crippen MR) is 96.8 cm³/mol.